The topological polar surface area (TPSA) is 29.9 Å². The first-order chi connectivity index (χ1) is 8.43. The van der Waals surface area contributed by atoms with E-state index in [2.05, 4.69) is 10.4 Å². The van der Waals surface area contributed by atoms with Crippen LogP contribution >= 0.6 is 11.3 Å². The van der Waals surface area contributed by atoms with E-state index in [9.17, 15) is 13.2 Å². The first-order valence-electron chi connectivity index (χ1n) is 5.22. The van der Waals surface area contributed by atoms with Gasteiger partial charge >= 0.3 is 6.18 Å². The van der Waals surface area contributed by atoms with Crippen LogP contribution in [0.4, 0.5) is 13.2 Å². The Balaban J connectivity index is 2.43. The fraction of sp³-hybridized carbons (Fsp3) is 0.364. The molecule has 0 saturated heterocycles. The van der Waals surface area contributed by atoms with Crippen molar-refractivity contribution in [3.63, 3.8) is 0 Å². The Morgan fingerprint density at radius 1 is 1.39 bits per heavy atom. The highest BCUT2D eigenvalue weighted by molar-refractivity contribution is 7.08. The maximum absolute atomic E-state index is 12.9. The third-order valence-electron chi connectivity index (χ3n) is 2.66. The van der Waals surface area contributed by atoms with E-state index in [1.807, 2.05) is 0 Å². The standard InChI is InChI=1S/C11H12F3N3S/c1-15-10(7-3-16-17(2)4-7)8-5-18-6-9(8)11(12,13)14/h3-6,10,15H,1-2H3. The highest BCUT2D eigenvalue weighted by atomic mass is 32.1. The molecule has 7 heteroatoms. The molecule has 0 saturated carbocycles. The molecule has 0 spiro atoms. The lowest BCUT2D eigenvalue weighted by atomic mass is 10.0. The molecular formula is C11H12F3N3S. The minimum Gasteiger partial charge on any atom is -0.309 e. The Morgan fingerprint density at radius 3 is 2.61 bits per heavy atom. The van der Waals surface area contributed by atoms with Crippen LogP contribution in [0.3, 0.4) is 0 Å². The van der Waals surface area contributed by atoms with E-state index in [1.165, 1.54) is 5.38 Å². The van der Waals surface area contributed by atoms with Gasteiger partial charge in [0, 0.05) is 24.2 Å². The van der Waals surface area contributed by atoms with Gasteiger partial charge in [-0.15, -0.1) is 0 Å². The van der Waals surface area contributed by atoms with E-state index in [4.69, 9.17) is 0 Å². The molecule has 3 nitrogen and oxygen atoms in total. The maximum Gasteiger partial charge on any atom is 0.417 e. The summed E-state index contributed by atoms with van der Waals surface area (Å²) in [6.07, 6.45) is -1.05. The molecular weight excluding hydrogens is 263 g/mol. The second-order valence-corrected chi connectivity index (χ2v) is 4.65. The van der Waals surface area contributed by atoms with Crippen molar-refractivity contribution in [1.29, 1.82) is 0 Å². The second kappa shape index (κ2) is 4.74. The molecule has 1 atom stereocenters. The van der Waals surface area contributed by atoms with Gasteiger partial charge in [0.05, 0.1) is 17.8 Å². The maximum atomic E-state index is 12.9. The van der Waals surface area contributed by atoms with Gasteiger partial charge in [-0.05, 0) is 18.0 Å². The number of halogens is 3. The normalized spacial score (nSPS) is 13.8. The van der Waals surface area contributed by atoms with E-state index in [-0.39, 0.29) is 5.56 Å². The van der Waals surface area contributed by atoms with Crippen LogP contribution in [0.2, 0.25) is 0 Å². The lowest BCUT2D eigenvalue weighted by Gasteiger charge is -2.17. The number of rotatable bonds is 3. The van der Waals surface area contributed by atoms with Crippen molar-refractivity contribution in [1.82, 2.24) is 15.1 Å². The average Bonchev–Trinajstić information content (AvgIpc) is 2.88. The molecule has 0 aromatic carbocycles. The number of thiophene rings is 1. The van der Waals surface area contributed by atoms with Gasteiger partial charge in [0.1, 0.15) is 0 Å². The summed E-state index contributed by atoms with van der Waals surface area (Å²) >= 11 is 1.05. The lowest BCUT2D eigenvalue weighted by Crippen LogP contribution is -2.20. The van der Waals surface area contributed by atoms with Gasteiger partial charge in [-0.2, -0.15) is 29.6 Å². The van der Waals surface area contributed by atoms with Crippen molar-refractivity contribution < 1.29 is 13.2 Å². The lowest BCUT2D eigenvalue weighted by molar-refractivity contribution is -0.138. The molecule has 2 aromatic heterocycles. The smallest absolute Gasteiger partial charge is 0.309 e. The number of aryl methyl sites for hydroxylation is 1. The summed E-state index contributed by atoms with van der Waals surface area (Å²) in [6, 6.07) is -0.499. The van der Waals surface area contributed by atoms with E-state index in [0.717, 1.165) is 16.7 Å². The largest absolute Gasteiger partial charge is 0.417 e. The third kappa shape index (κ3) is 2.41. The Hall–Kier alpha value is -1.34. The summed E-state index contributed by atoms with van der Waals surface area (Å²) in [5, 5.41) is 9.55. The third-order valence-corrected chi connectivity index (χ3v) is 3.42. The van der Waals surface area contributed by atoms with E-state index in [1.54, 1.807) is 31.2 Å². The van der Waals surface area contributed by atoms with Gasteiger partial charge in [-0.1, -0.05) is 0 Å². The summed E-state index contributed by atoms with van der Waals surface area (Å²) in [5.74, 6) is 0. The van der Waals surface area contributed by atoms with Gasteiger partial charge in [-0.25, -0.2) is 0 Å². The van der Waals surface area contributed by atoms with Crippen LogP contribution in [0.25, 0.3) is 0 Å². The van der Waals surface area contributed by atoms with Crippen LogP contribution in [-0.2, 0) is 13.2 Å². The summed E-state index contributed by atoms with van der Waals surface area (Å²) in [6.45, 7) is 0. The molecule has 2 heterocycles. The minimum atomic E-state index is -4.33. The summed E-state index contributed by atoms with van der Waals surface area (Å²) in [4.78, 5) is 0. The van der Waals surface area contributed by atoms with Gasteiger partial charge in [0.2, 0.25) is 0 Å². The summed E-state index contributed by atoms with van der Waals surface area (Å²) in [7, 11) is 3.37. The number of alkyl halides is 3. The zero-order valence-corrected chi connectivity index (χ0v) is 10.6. The number of nitrogens with zero attached hydrogens (tertiary/aromatic N) is 2. The van der Waals surface area contributed by atoms with Crippen molar-refractivity contribution in [2.24, 2.45) is 7.05 Å². The molecule has 98 valence electrons. The monoisotopic (exact) mass is 275 g/mol. The van der Waals surface area contributed by atoms with E-state index < -0.39 is 17.8 Å². The molecule has 0 amide bonds. The molecule has 0 aliphatic heterocycles. The SMILES string of the molecule is CNC(c1cnn(C)c1)c1cscc1C(F)(F)F. The van der Waals surface area contributed by atoms with E-state index >= 15 is 0 Å². The van der Waals surface area contributed by atoms with Crippen molar-refractivity contribution in [2.45, 2.75) is 12.2 Å². The highest BCUT2D eigenvalue weighted by Crippen LogP contribution is 2.38. The number of hydrogen-bond acceptors (Lipinski definition) is 3. The van der Waals surface area contributed by atoms with Gasteiger partial charge in [0.15, 0.2) is 0 Å². The Labute approximate surface area is 106 Å². The molecule has 1 unspecified atom stereocenters. The van der Waals surface area contributed by atoms with Crippen molar-refractivity contribution >= 4 is 11.3 Å². The zero-order chi connectivity index (χ0) is 13.3. The molecule has 18 heavy (non-hydrogen) atoms. The molecule has 1 N–H and O–H groups in total. The van der Waals surface area contributed by atoms with Crippen molar-refractivity contribution in [3.05, 3.63) is 39.8 Å². The van der Waals surface area contributed by atoms with Crippen molar-refractivity contribution in [3.8, 4) is 0 Å². The summed E-state index contributed by atoms with van der Waals surface area (Å²) in [5.41, 5.74) is 0.364. The van der Waals surface area contributed by atoms with Crippen LogP contribution < -0.4 is 5.32 Å². The first-order valence-corrected chi connectivity index (χ1v) is 6.17. The molecule has 2 rings (SSSR count). The van der Waals surface area contributed by atoms with E-state index in [0.29, 0.717) is 5.56 Å². The second-order valence-electron chi connectivity index (χ2n) is 3.91. The molecule has 2 aromatic rings. The predicted molar refractivity (Wildman–Crippen MR) is 63.4 cm³/mol. The fourth-order valence-corrected chi connectivity index (χ4v) is 2.74. The Kier molecular flexibility index (Phi) is 3.45. The van der Waals surface area contributed by atoms with Gasteiger partial charge in [-0.3, -0.25) is 4.68 Å². The van der Waals surface area contributed by atoms with Crippen LogP contribution in [0.1, 0.15) is 22.7 Å². The van der Waals surface area contributed by atoms with Gasteiger partial charge in [0.25, 0.3) is 0 Å². The van der Waals surface area contributed by atoms with Crippen molar-refractivity contribution in [2.75, 3.05) is 7.05 Å². The molecule has 0 radical (unpaired) electrons. The minimum absolute atomic E-state index is 0.239. The summed E-state index contributed by atoms with van der Waals surface area (Å²) < 4.78 is 40.1. The van der Waals surface area contributed by atoms with Gasteiger partial charge < -0.3 is 5.32 Å². The molecule has 0 aliphatic rings. The average molecular weight is 275 g/mol. The number of nitrogens with one attached hydrogen (secondary N) is 1. The van der Waals surface area contributed by atoms with Crippen LogP contribution in [0, 0.1) is 0 Å². The zero-order valence-electron chi connectivity index (χ0n) is 9.82. The Bertz CT molecular complexity index is 530. The van der Waals surface area contributed by atoms with Crippen LogP contribution in [0.5, 0.6) is 0 Å². The highest BCUT2D eigenvalue weighted by Gasteiger charge is 2.36. The molecule has 0 aliphatic carbocycles. The van der Waals surface area contributed by atoms with Crippen LogP contribution in [0.15, 0.2) is 23.2 Å². The number of aromatic nitrogens is 2. The molecule has 0 fully saturated rings. The molecule has 0 bridgehead atoms. The number of hydrogen-bond donors (Lipinski definition) is 1. The fourth-order valence-electron chi connectivity index (χ4n) is 1.85. The quantitative estimate of drug-likeness (QED) is 0.933. The first kappa shape index (κ1) is 13.1. The Morgan fingerprint density at radius 2 is 2.11 bits per heavy atom. The van der Waals surface area contributed by atoms with Crippen LogP contribution in [-0.4, -0.2) is 16.8 Å². The predicted octanol–water partition coefficient (Wildman–Crippen LogP) is 2.81.